The van der Waals surface area contributed by atoms with Gasteiger partial charge in [-0.3, -0.25) is 4.79 Å². The summed E-state index contributed by atoms with van der Waals surface area (Å²) in [5, 5.41) is 2.33. The zero-order chi connectivity index (χ0) is 14.8. The van der Waals surface area contributed by atoms with Gasteiger partial charge < -0.3 is 14.8 Å². The predicted molar refractivity (Wildman–Crippen MR) is 68.7 cm³/mol. The van der Waals surface area contributed by atoms with E-state index in [-0.39, 0.29) is 17.2 Å². The van der Waals surface area contributed by atoms with Crippen LogP contribution in [0.25, 0.3) is 0 Å². The van der Waals surface area contributed by atoms with Gasteiger partial charge in [-0.1, -0.05) is 17.7 Å². The number of halogens is 2. The summed E-state index contributed by atoms with van der Waals surface area (Å²) in [7, 11) is 1.14. The quantitative estimate of drug-likeness (QED) is 0.683. The maximum Gasteiger partial charge on any atom is 0.360 e. The van der Waals surface area contributed by atoms with Crippen LogP contribution in [0, 0.1) is 5.82 Å². The monoisotopic (exact) mass is 299 g/mol. The van der Waals surface area contributed by atoms with Crippen molar-refractivity contribution >= 4 is 23.5 Å². The summed E-state index contributed by atoms with van der Waals surface area (Å²) in [5.74, 6) is -2.07. The predicted octanol–water partition coefficient (Wildman–Crippen LogP) is 1.80. The van der Waals surface area contributed by atoms with Gasteiger partial charge >= 0.3 is 5.97 Å². The molecule has 0 saturated heterocycles. The third-order valence-electron chi connectivity index (χ3n) is 2.80. The van der Waals surface area contributed by atoms with E-state index in [4.69, 9.17) is 16.3 Å². The maximum absolute atomic E-state index is 13.0. The van der Waals surface area contributed by atoms with Crippen molar-refractivity contribution in [1.82, 2.24) is 5.32 Å². The van der Waals surface area contributed by atoms with Crippen molar-refractivity contribution in [2.24, 2.45) is 0 Å². The SMILES string of the molecule is COC(=O)C1(Oc2ccc(F)cc2Cl)CC=CNC1=O. The third kappa shape index (κ3) is 2.46. The molecule has 2 rings (SSSR count). The van der Waals surface area contributed by atoms with E-state index < -0.39 is 23.3 Å². The Morgan fingerprint density at radius 3 is 2.85 bits per heavy atom. The van der Waals surface area contributed by atoms with Crippen LogP contribution in [0.1, 0.15) is 6.42 Å². The summed E-state index contributed by atoms with van der Waals surface area (Å²) < 4.78 is 23.1. The number of nitrogens with one attached hydrogen (secondary N) is 1. The summed E-state index contributed by atoms with van der Waals surface area (Å²) in [6.45, 7) is 0. The minimum absolute atomic E-state index is 0.0147. The molecule has 0 aliphatic carbocycles. The second-order valence-electron chi connectivity index (χ2n) is 4.08. The molecular weight excluding hydrogens is 289 g/mol. The van der Waals surface area contributed by atoms with Crippen molar-refractivity contribution in [3.8, 4) is 5.75 Å². The number of carbonyl (C=O) groups is 2. The number of benzene rings is 1. The minimum Gasteiger partial charge on any atom is -0.466 e. The molecule has 1 atom stereocenters. The molecule has 7 heteroatoms. The Balaban J connectivity index is 2.40. The number of methoxy groups -OCH3 is 1. The fourth-order valence-corrected chi connectivity index (χ4v) is 1.99. The molecule has 0 spiro atoms. The number of amides is 1. The standard InChI is InChI=1S/C13H11ClFNO4/c1-19-12(18)13(5-2-6-16-11(13)17)20-10-4-3-8(15)7-9(10)14/h2-4,6-7H,5H2,1H3,(H,16,17). The van der Waals surface area contributed by atoms with E-state index in [2.05, 4.69) is 10.1 Å². The van der Waals surface area contributed by atoms with E-state index in [9.17, 15) is 14.0 Å². The smallest absolute Gasteiger partial charge is 0.360 e. The van der Waals surface area contributed by atoms with Gasteiger partial charge in [0, 0.05) is 12.6 Å². The molecule has 0 radical (unpaired) electrons. The Bertz CT molecular complexity index is 590. The first-order valence-corrected chi connectivity index (χ1v) is 6.06. The summed E-state index contributed by atoms with van der Waals surface area (Å²) in [4.78, 5) is 23.9. The van der Waals surface area contributed by atoms with Crippen molar-refractivity contribution in [1.29, 1.82) is 0 Å². The second-order valence-corrected chi connectivity index (χ2v) is 4.48. The molecule has 0 saturated carbocycles. The molecule has 1 N–H and O–H groups in total. The van der Waals surface area contributed by atoms with Crippen molar-refractivity contribution in [2.45, 2.75) is 12.0 Å². The lowest BCUT2D eigenvalue weighted by atomic mass is 9.96. The molecule has 1 aromatic carbocycles. The highest BCUT2D eigenvalue weighted by Crippen LogP contribution is 2.31. The molecule has 1 aliphatic rings. The summed E-state index contributed by atoms with van der Waals surface area (Å²) >= 11 is 5.84. The zero-order valence-corrected chi connectivity index (χ0v) is 11.2. The van der Waals surface area contributed by atoms with Crippen molar-refractivity contribution in [3.05, 3.63) is 41.3 Å². The Morgan fingerprint density at radius 2 is 2.25 bits per heavy atom. The van der Waals surface area contributed by atoms with E-state index in [0.717, 1.165) is 19.2 Å². The highest BCUT2D eigenvalue weighted by atomic mass is 35.5. The van der Waals surface area contributed by atoms with E-state index in [1.165, 1.54) is 12.3 Å². The van der Waals surface area contributed by atoms with E-state index in [1.807, 2.05) is 0 Å². The van der Waals surface area contributed by atoms with Gasteiger partial charge in [-0.2, -0.15) is 0 Å². The number of rotatable bonds is 3. The van der Waals surface area contributed by atoms with Crippen LogP contribution in [0.4, 0.5) is 4.39 Å². The lowest BCUT2D eigenvalue weighted by Crippen LogP contribution is -2.57. The van der Waals surface area contributed by atoms with Crippen LogP contribution >= 0.6 is 11.6 Å². The van der Waals surface area contributed by atoms with Crippen molar-refractivity contribution in [3.63, 3.8) is 0 Å². The maximum atomic E-state index is 13.0. The molecule has 1 aliphatic heterocycles. The van der Waals surface area contributed by atoms with Crippen molar-refractivity contribution < 1.29 is 23.5 Å². The Labute approximate surface area is 119 Å². The van der Waals surface area contributed by atoms with Gasteiger partial charge in [0.2, 0.25) is 0 Å². The van der Waals surface area contributed by atoms with Gasteiger partial charge in [-0.25, -0.2) is 9.18 Å². The molecule has 0 bridgehead atoms. The second kappa shape index (κ2) is 5.50. The van der Waals surface area contributed by atoms with Crippen LogP contribution in [-0.2, 0) is 14.3 Å². The Hall–Kier alpha value is -2.08. The van der Waals surface area contributed by atoms with Crippen LogP contribution in [0.2, 0.25) is 5.02 Å². The van der Waals surface area contributed by atoms with Crippen molar-refractivity contribution in [2.75, 3.05) is 7.11 Å². The molecule has 106 valence electrons. The van der Waals surface area contributed by atoms with Crippen LogP contribution in [-0.4, -0.2) is 24.6 Å². The first-order chi connectivity index (χ1) is 9.49. The van der Waals surface area contributed by atoms with Crippen LogP contribution < -0.4 is 10.1 Å². The molecular formula is C13H11ClFNO4. The minimum atomic E-state index is -1.87. The molecule has 0 aromatic heterocycles. The summed E-state index contributed by atoms with van der Waals surface area (Å²) in [6.07, 6.45) is 2.94. The topological polar surface area (TPSA) is 64.6 Å². The summed E-state index contributed by atoms with van der Waals surface area (Å²) in [5.41, 5.74) is -1.87. The third-order valence-corrected chi connectivity index (χ3v) is 3.09. The lowest BCUT2D eigenvalue weighted by Gasteiger charge is -2.31. The average molecular weight is 300 g/mol. The number of carbonyl (C=O) groups excluding carboxylic acids is 2. The summed E-state index contributed by atoms with van der Waals surface area (Å²) in [6, 6.07) is 3.38. The van der Waals surface area contributed by atoms with Gasteiger partial charge in [0.25, 0.3) is 11.5 Å². The Kier molecular flexibility index (Phi) is 3.94. The fraction of sp³-hybridized carbons (Fsp3) is 0.231. The molecule has 1 heterocycles. The molecule has 20 heavy (non-hydrogen) atoms. The van der Waals surface area contributed by atoms with Gasteiger partial charge in [0.05, 0.1) is 12.1 Å². The zero-order valence-electron chi connectivity index (χ0n) is 10.5. The largest absolute Gasteiger partial charge is 0.466 e. The highest BCUT2D eigenvalue weighted by molar-refractivity contribution is 6.32. The van der Waals surface area contributed by atoms with Gasteiger partial charge in [0.15, 0.2) is 0 Å². The van der Waals surface area contributed by atoms with Crippen LogP contribution in [0.15, 0.2) is 30.5 Å². The Morgan fingerprint density at radius 1 is 1.50 bits per heavy atom. The van der Waals surface area contributed by atoms with Gasteiger partial charge in [-0.15, -0.1) is 0 Å². The molecule has 0 fully saturated rings. The van der Waals surface area contributed by atoms with E-state index in [1.54, 1.807) is 6.08 Å². The van der Waals surface area contributed by atoms with E-state index >= 15 is 0 Å². The number of esters is 1. The molecule has 5 nitrogen and oxygen atoms in total. The lowest BCUT2D eigenvalue weighted by molar-refractivity contribution is -0.165. The number of hydrogen-bond donors (Lipinski definition) is 1. The number of ether oxygens (including phenoxy) is 2. The average Bonchev–Trinajstić information content (AvgIpc) is 2.43. The van der Waals surface area contributed by atoms with Crippen LogP contribution in [0.3, 0.4) is 0 Å². The number of hydrogen-bond acceptors (Lipinski definition) is 4. The normalized spacial score (nSPS) is 21.2. The molecule has 1 unspecified atom stereocenters. The van der Waals surface area contributed by atoms with Crippen LogP contribution in [0.5, 0.6) is 5.75 Å². The van der Waals surface area contributed by atoms with E-state index in [0.29, 0.717) is 0 Å². The highest BCUT2D eigenvalue weighted by Gasteiger charge is 2.50. The molecule has 1 amide bonds. The van der Waals surface area contributed by atoms with Gasteiger partial charge in [-0.05, 0) is 18.2 Å². The van der Waals surface area contributed by atoms with Gasteiger partial charge in [0.1, 0.15) is 11.6 Å². The first kappa shape index (κ1) is 14.3. The fourth-order valence-electron chi connectivity index (χ4n) is 1.79. The first-order valence-electron chi connectivity index (χ1n) is 5.68. The molecule has 1 aromatic rings.